The second-order valence-electron chi connectivity index (χ2n) is 16.7. The molecule has 10 atom stereocenters. The number of piperidine rings is 2. The van der Waals surface area contributed by atoms with E-state index in [9.17, 15) is 9.59 Å². The number of likely N-dealkylation sites (N-methyl/N-ethyl adjacent to an activating group) is 2. The maximum Gasteiger partial charge on any atom is 0.303 e. The number of quaternary nitrogens is 2. The van der Waals surface area contributed by atoms with Crippen molar-refractivity contribution in [3.8, 4) is 0 Å². The van der Waals surface area contributed by atoms with Gasteiger partial charge in [-0.3, -0.25) is 9.59 Å². The van der Waals surface area contributed by atoms with Crippen LogP contribution in [0.3, 0.4) is 0 Å². The fourth-order valence-electron chi connectivity index (χ4n) is 12.3. The van der Waals surface area contributed by atoms with E-state index >= 15 is 0 Å². The Morgan fingerprint density at radius 2 is 1.23 bits per heavy atom. The molecule has 2 saturated heterocycles. The molecule has 2 heterocycles. The average molecular weight is 733 g/mol. The summed E-state index contributed by atoms with van der Waals surface area (Å²) in [4.78, 5) is 24.8. The number of carbonyl (C=O) groups is 2. The summed E-state index contributed by atoms with van der Waals surface area (Å²) >= 11 is 0. The summed E-state index contributed by atoms with van der Waals surface area (Å²) in [5.74, 6) is 2.52. The van der Waals surface area contributed by atoms with Crippen LogP contribution in [0.2, 0.25) is 0 Å². The Morgan fingerprint density at radius 3 is 1.79 bits per heavy atom. The lowest BCUT2D eigenvalue weighted by molar-refractivity contribution is -0.943. The zero-order valence-corrected chi connectivity index (χ0v) is 31.1. The summed E-state index contributed by atoms with van der Waals surface area (Å²) in [5, 5.41) is 0. The number of ether oxygens (including phenoxy) is 2. The summed E-state index contributed by atoms with van der Waals surface area (Å²) in [5.41, 5.74) is 0.377. The molecule has 0 unspecified atom stereocenters. The Bertz CT molecular complexity index is 1010. The first kappa shape index (κ1) is 35.7. The molecule has 6 fully saturated rings. The Hall–Kier alpha value is -0.180. The van der Waals surface area contributed by atoms with E-state index in [0.717, 1.165) is 21.3 Å². The van der Waals surface area contributed by atoms with Crippen molar-refractivity contribution in [2.24, 2.45) is 34.5 Å². The van der Waals surface area contributed by atoms with Crippen LogP contribution in [0.1, 0.15) is 111 Å². The third-order valence-corrected chi connectivity index (χ3v) is 14.5. The monoisotopic (exact) mass is 730 g/mol. The minimum absolute atomic E-state index is 0. The van der Waals surface area contributed by atoms with E-state index in [4.69, 9.17) is 9.47 Å². The van der Waals surface area contributed by atoms with Crippen molar-refractivity contribution in [1.29, 1.82) is 0 Å². The third kappa shape index (κ3) is 6.15. The zero-order chi connectivity index (χ0) is 29.2. The van der Waals surface area contributed by atoms with E-state index in [1.165, 1.54) is 103 Å². The lowest BCUT2D eigenvalue weighted by Gasteiger charge is -2.63. The highest BCUT2D eigenvalue weighted by molar-refractivity contribution is 5.66. The number of halogens is 2. The predicted octanol–water partition coefficient (Wildman–Crippen LogP) is 0.119. The molecule has 0 amide bonds. The molecule has 4 aliphatic carbocycles. The van der Waals surface area contributed by atoms with Crippen molar-refractivity contribution in [3.05, 3.63) is 0 Å². The molecule has 0 N–H and O–H groups in total. The highest BCUT2D eigenvalue weighted by Gasteiger charge is 2.68. The van der Waals surface area contributed by atoms with Gasteiger partial charge in [0.15, 0.2) is 12.2 Å². The molecule has 0 radical (unpaired) electrons. The van der Waals surface area contributed by atoms with Crippen LogP contribution in [0.15, 0.2) is 0 Å². The minimum Gasteiger partial charge on any atom is -1.00 e. The van der Waals surface area contributed by atoms with Crippen LogP contribution < -0.4 is 34.0 Å². The van der Waals surface area contributed by atoms with Crippen molar-refractivity contribution in [2.75, 3.05) is 40.3 Å². The molecule has 43 heavy (non-hydrogen) atoms. The largest absolute Gasteiger partial charge is 1.00 e. The fourth-order valence-corrected chi connectivity index (χ4v) is 12.3. The lowest BCUT2D eigenvalue weighted by Crippen LogP contribution is -3.00. The van der Waals surface area contributed by atoms with E-state index < -0.39 is 0 Å². The van der Waals surface area contributed by atoms with Crippen molar-refractivity contribution in [1.82, 2.24) is 0 Å². The Kier molecular flexibility index (Phi) is 10.9. The van der Waals surface area contributed by atoms with Gasteiger partial charge in [0.2, 0.25) is 0 Å². The number of rotatable bonds is 4. The molecule has 0 aromatic rings. The minimum atomic E-state index is -0.0998. The van der Waals surface area contributed by atoms with Crippen molar-refractivity contribution in [2.45, 2.75) is 135 Å². The molecule has 2 aliphatic heterocycles. The van der Waals surface area contributed by atoms with Gasteiger partial charge in [0.05, 0.1) is 40.3 Å². The van der Waals surface area contributed by atoms with Gasteiger partial charge in [-0.15, -0.1) is 0 Å². The van der Waals surface area contributed by atoms with E-state index in [-0.39, 0.29) is 63.5 Å². The maximum atomic E-state index is 12.5. The van der Waals surface area contributed by atoms with Crippen LogP contribution in [0.25, 0.3) is 0 Å². The second-order valence-corrected chi connectivity index (χ2v) is 16.7. The number of hydrogen-bond acceptors (Lipinski definition) is 4. The van der Waals surface area contributed by atoms with Crippen LogP contribution in [-0.2, 0) is 19.1 Å². The molecule has 248 valence electrons. The van der Waals surface area contributed by atoms with Gasteiger partial charge < -0.3 is 52.4 Å². The molecule has 0 spiro atoms. The van der Waals surface area contributed by atoms with Gasteiger partial charge in [-0.2, -0.15) is 0 Å². The highest BCUT2D eigenvalue weighted by atomic mass is 79.9. The van der Waals surface area contributed by atoms with Gasteiger partial charge in [0.25, 0.3) is 0 Å². The first-order valence-corrected chi connectivity index (χ1v) is 17.4. The molecule has 8 heteroatoms. The summed E-state index contributed by atoms with van der Waals surface area (Å²) in [7, 11) is 4.94. The molecular formula is C35H60Br2N2O4. The topological polar surface area (TPSA) is 52.6 Å². The van der Waals surface area contributed by atoms with Gasteiger partial charge in [0.1, 0.15) is 12.1 Å². The predicted molar refractivity (Wildman–Crippen MR) is 161 cm³/mol. The number of carbonyl (C=O) groups excluding carboxylic acids is 2. The van der Waals surface area contributed by atoms with Gasteiger partial charge in [0, 0.05) is 32.1 Å². The summed E-state index contributed by atoms with van der Waals surface area (Å²) < 4.78 is 14.7. The fraction of sp³-hybridized carbons (Fsp3) is 0.943. The molecule has 6 nitrogen and oxygen atoms in total. The number of nitrogens with zero attached hydrogens (tertiary/aromatic N) is 2. The Morgan fingerprint density at radius 1 is 0.674 bits per heavy atom. The third-order valence-electron chi connectivity index (χ3n) is 14.5. The average Bonchev–Trinajstić information content (AvgIpc) is 3.21. The number of likely N-dealkylation sites (tertiary alicyclic amines) is 2. The van der Waals surface area contributed by atoms with Crippen LogP contribution >= 0.6 is 0 Å². The van der Waals surface area contributed by atoms with Crippen LogP contribution in [0.4, 0.5) is 0 Å². The molecule has 0 aromatic carbocycles. The van der Waals surface area contributed by atoms with Gasteiger partial charge in [-0.1, -0.05) is 13.8 Å². The SMILES string of the molecule is CC(=O)O[C@H]1C[C@@H]2CC[C@@H]3[C@H](CC[C@]4(C)[C@H](OC(C)=O)[C@@H]([N+]5(C)CCCCC5)C[C@@H]34)[C@@]2(C)C[C@@H]1[N+]1(C)CCCCC1.[Br-].[Br-]. The molecular weight excluding hydrogens is 672 g/mol. The van der Waals surface area contributed by atoms with Crippen LogP contribution in [0, 0.1) is 34.5 Å². The molecule has 6 rings (SSSR count). The maximum absolute atomic E-state index is 12.5. The molecule has 0 aromatic heterocycles. The smallest absolute Gasteiger partial charge is 0.303 e. The molecule has 4 saturated carbocycles. The van der Waals surface area contributed by atoms with Crippen molar-refractivity contribution in [3.63, 3.8) is 0 Å². The van der Waals surface area contributed by atoms with Crippen LogP contribution in [0.5, 0.6) is 0 Å². The van der Waals surface area contributed by atoms with Gasteiger partial charge in [-0.25, -0.2) is 0 Å². The quantitative estimate of drug-likeness (QED) is 0.305. The van der Waals surface area contributed by atoms with Crippen LogP contribution in [-0.4, -0.2) is 85.5 Å². The zero-order valence-electron chi connectivity index (χ0n) is 27.9. The molecule has 0 bridgehead atoms. The van der Waals surface area contributed by atoms with Gasteiger partial charge in [-0.05, 0) is 99.7 Å². The number of esters is 2. The Labute approximate surface area is 283 Å². The summed E-state index contributed by atoms with van der Waals surface area (Å²) in [6, 6.07) is 0.846. The van der Waals surface area contributed by atoms with E-state index in [1.807, 2.05) is 0 Å². The normalized spacial score (nSPS) is 44.7. The summed E-state index contributed by atoms with van der Waals surface area (Å²) in [6.07, 6.45) is 16.4. The first-order chi connectivity index (χ1) is 19.4. The first-order valence-electron chi connectivity index (χ1n) is 17.4. The molecule has 6 aliphatic rings. The van der Waals surface area contributed by atoms with E-state index in [0.29, 0.717) is 35.3 Å². The number of fused-ring (bicyclic) bond motifs is 5. The second kappa shape index (κ2) is 13.1. The number of hydrogen-bond donors (Lipinski definition) is 0. The van der Waals surface area contributed by atoms with Crippen molar-refractivity contribution >= 4 is 11.9 Å². The van der Waals surface area contributed by atoms with E-state index in [2.05, 4.69) is 27.9 Å². The lowest BCUT2D eigenvalue weighted by atomic mass is 9.44. The Balaban J connectivity index is 0.00000212. The summed E-state index contributed by atoms with van der Waals surface area (Å²) in [6.45, 7) is 13.3. The highest BCUT2D eigenvalue weighted by Crippen LogP contribution is 2.68. The van der Waals surface area contributed by atoms with Gasteiger partial charge >= 0.3 is 11.9 Å². The van der Waals surface area contributed by atoms with Crippen molar-refractivity contribution < 1.29 is 62.0 Å². The standard InChI is InChI=1S/C35H60N2O4.2BrH/c1-24(38)40-32-21-26-13-14-27-28(35(26,4)23-31(32)37(6)19-11-8-12-20-37)15-16-34(3)29(27)22-30(33(34)41-25(2)39)36(5)17-9-7-10-18-36;;/h26-33H,7-23H2,1-6H3;2*1H/q+2;;/p-2/t26-,27+,28-,29-,30-,31-,32-,33+,34-,35-;;/m0../s1. The van der Waals surface area contributed by atoms with E-state index in [1.54, 1.807) is 13.8 Å².